The van der Waals surface area contributed by atoms with Crippen molar-refractivity contribution in [2.24, 2.45) is 5.16 Å². The smallest absolute Gasteiger partial charge is 0.360 e. The summed E-state index contributed by atoms with van der Waals surface area (Å²) in [5.74, 6) is -0.0672. The monoisotopic (exact) mass is 427 g/mol. The third-order valence-corrected chi connectivity index (χ3v) is 4.01. The molecule has 0 bridgehead atoms. The van der Waals surface area contributed by atoms with Crippen LogP contribution in [0.3, 0.4) is 0 Å². The van der Waals surface area contributed by atoms with E-state index in [0.717, 1.165) is 5.56 Å². The molecule has 2 rings (SSSR count). The SMILES string of the molecule is CON=C(C(=O)OC)c1ccccc1COc1ccc(C=C(Cl)Cl)c(Cl)c1. The van der Waals surface area contributed by atoms with Crippen molar-refractivity contribution >= 4 is 52.6 Å². The molecule has 0 aliphatic carbocycles. The lowest BCUT2D eigenvalue weighted by molar-refractivity contribution is -0.132. The zero-order valence-electron chi connectivity index (χ0n) is 14.5. The third-order valence-electron chi connectivity index (χ3n) is 3.46. The van der Waals surface area contributed by atoms with E-state index >= 15 is 0 Å². The third kappa shape index (κ3) is 5.89. The number of oxime groups is 1. The predicted molar refractivity (Wildman–Crippen MR) is 107 cm³/mol. The van der Waals surface area contributed by atoms with E-state index < -0.39 is 5.97 Å². The number of rotatable bonds is 7. The predicted octanol–water partition coefficient (Wildman–Crippen LogP) is 5.22. The van der Waals surface area contributed by atoms with Crippen molar-refractivity contribution < 1.29 is 19.1 Å². The first-order valence-electron chi connectivity index (χ1n) is 7.69. The van der Waals surface area contributed by atoms with Crippen LogP contribution in [0.5, 0.6) is 5.75 Å². The molecule has 0 amide bonds. The van der Waals surface area contributed by atoms with Gasteiger partial charge < -0.3 is 14.3 Å². The van der Waals surface area contributed by atoms with E-state index in [-0.39, 0.29) is 16.8 Å². The first-order valence-corrected chi connectivity index (χ1v) is 8.82. The van der Waals surface area contributed by atoms with Crippen molar-refractivity contribution in [3.63, 3.8) is 0 Å². The van der Waals surface area contributed by atoms with Crippen molar-refractivity contribution in [1.82, 2.24) is 0 Å². The molecule has 0 unspecified atom stereocenters. The summed E-state index contributed by atoms with van der Waals surface area (Å²) in [5, 5.41) is 4.21. The number of halogens is 3. The molecule has 27 heavy (non-hydrogen) atoms. The summed E-state index contributed by atoms with van der Waals surface area (Å²) in [4.78, 5) is 16.7. The second-order valence-corrected chi connectivity index (χ2v) is 6.59. The van der Waals surface area contributed by atoms with Gasteiger partial charge in [0.25, 0.3) is 0 Å². The molecule has 0 spiro atoms. The van der Waals surface area contributed by atoms with Crippen molar-refractivity contribution in [2.45, 2.75) is 6.61 Å². The maximum absolute atomic E-state index is 12.0. The molecule has 0 N–H and O–H groups in total. The van der Waals surface area contributed by atoms with Gasteiger partial charge in [-0.1, -0.05) is 64.2 Å². The average molecular weight is 429 g/mol. The Kier molecular flexibility index (Phi) is 7.98. The summed E-state index contributed by atoms with van der Waals surface area (Å²) in [6.07, 6.45) is 1.54. The zero-order chi connectivity index (χ0) is 19.8. The van der Waals surface area contributed by atoms with Gasteiger partial charge in [0.15, 0.2) is 5.71 Å². The Labute approximate surface area is 172 Å². The Morgan fingerprint density at radius 2 is 1.89 bits per heavy atom. The van der Waals surface area contributed by atoms with Gasteiger partial charge in [0, 0.05) is 5.56 Å². The molecular formula is C19H16Cl3NO4. The molecule has 2 aromatic rings. The molecule has 0 fully saturated rings. The Morgan fingerprint density at radius 1 is 1.15 bits per heavy atom. The summed E-state index contributed by atoms with van der Waals surface area (Å²) < 4.78 is 10.7. The van der Waals surface area contributed by atoms with Gasteiger partial charge >= 0.3 is 5.97 Å². The minimum Gasteiger partial charge on any atom is -0.489 e. The van der Waals surface area contributed by atoms with Crippen molar-refractivity contribution in [3.8, 4) is 5.75 Å². The number of carbonyl (C=O) groups excluding carboxylic acids is 1. The average Bonchev–Trinajstić information content (AvgIpc) is 2.66. The zero-order valence-corrected chi connectivity index (χ0v) is 16.8. The highest BCUT2D eigenvalue weighted by atomic mass is 35.5. The number of ether oxygens (including phenoxy) is 2. The lowest BCUT2D eigenvalue weighted by atomic mass is 10.0. The molecule has 0 radical (unpaired) electrons. The molecule has 0 heterocycles. The van der Waals surface area contributed by atoms with Gasteiger partial charge in [-0.25, -0.2) is 4.79 Å². The molecule has 8 heteroatoms. The van der Waals surface area contributed by atoms with Crippen LogP contribution in [0.1, 0.15) is 16.7 Å². The molecule has 0 saturated heterocycles. The topological polar surface area (TPSA) is 57.1 Å². The van der Waals surface area contributed by atoms with E-state index in [9.17, 15) is 4.79 Å². The van der Waals surface area contributed by atoms with E-state index in [2.05, 4.69) is 5.16 Å². The van der Waals surface area contributed by atoms with E-state index in [0.29, 0.717) is 21.9 Å². The summed E-state index contributed by atoms with van der Waals surface area (Å²) in [7, 11) is 2.63. The second-order valence-electron chi connectivity index (χ2n) is 5.18. The van der Waals surface area contributed by atoms with Crippen LogP contribution < -0.4 is 4.74 Å². The Morgan fingerprint density at radius 3 is 2.52 bits per heavy atom. The van der Waals surface area contributed by atoms with Gasteiger partial charge in [-0.15, -0.1) is 0 Å². The first-order chi connectivity index (χ1) is 13.0. The second kappa shape index (κ2) is 10.2. The quantitative estimate of drug-likeness (QED) is 0.345. The van der Waals surface area contributed by atoms with Crippen molar-refractivity contribution in [3.05, 3.63) is 68.7 Å². The van der Waals surface area contributed by atoms with Crippen LogP contribution in [0.2, 0.25) is 5.02 Å². The molecule has 5 nitrogen and oxygen atoms in total. The normalized spacial score (nSPS) is 10.9. The number of esters is 1. The Hall–Kier alpha value is -2.21. The number of hydrogen-bond acceptors (Lipinski definition) is 5. The van der Waals surface area contributed by atoms with Gasteiger partial charge in [-0.2, -0.15) is 0 Å². The molecule has 0 aromatic heterocycles. The molecule has 142 valence electrons. The fourth-order valence-corrected chi connectivity index (χ4v) is 2.72. The maximum Gasteiger partial charge on any atom is 0.360 e. The fraction of sp³-hybridized carbons (Fsp3) is 0.158. The molecule has 0 saturated carbocycles. The van der Waals surface area contributed by atoms with Crippen molar-refractivity contribution in [1.29, 1.82) is 0 Å². The minimum absolute atomic E-state index is 0.0504. The lowest BCUT2D eigenvalue weighted by Crippen LogP contribution is -2.19. The molecule has 0 atom stereocenters. The minimum atomic E-state index is -0.610. The highest BCUT2D eigenvalue weighted by Crippen LogP contribution is 2.27. The largest absolute Gasteiger partial charge is 0.489 e. The van der Waals surface area contributed by atoms with E-state index in [1.165, 1.54) is 20.3 Å². The summed E-state index contributed by atoms with van der Waals surface area (Å²) in [6.45, 7) is 0.178. The van der Waals surface area contributed by atoms with Crippen LogP contribution in [0.15, 0.2) is 52.1 Å². The fourth-order valence-electron chi connectivity index (χ4n) is 2.25. The van der Waals surface area contributed by atoms with Crippen LogP contribution in [0.4, 0.5) is 0 Å². The maximum atomic E-state index is 12.0. The van der Waals surface area contributed by atoms with Gasteiger partial charge in [0.2, 0.25) is 0 Å². The highest BCUT2D eigenvalue weighted by molar-refractivity contribution is 6.57. The van der Waals surface area contributed by atoms with Crippen LogP contribution in [0.25, 0.3) is 6.08 Å². The Bertz CT molecular complexity index is 877. The molecular weight excluding hydrogens is 413 g/mol. The van der Waals surface area contributed by atoms with Crippen LogP contribution in [-0.2, 0) is 21.0 Å². The van der Waals surface area contributed by atoms with Gasteiger partial charge in [-0.05, 0) is 35.4 Å². The highest BCUT2D eigenvalue weighted by Gasteiger charge is 2.19. The first kappa shape index (κ1) is 21.1. The molecule has 2 aromatic carbocycles. The number of methoxy groups -OCH3 is 1. The number of nitrogens with zero attached hydrogens (tertiary/aromatic N) is 1. The van der Waals surface area contributed by atoms with E-state index in [1.807, 2.05) is 12.1 Å². The summed E-state index contributed by atoms with van der Waals surface area (Å²) >= 11 is 17.5. The molecule has 0 aliphatic heterocycles. The summed E-state index contributed by atoms with van der Waals surface area (Å²) in [5.41, 5.74) is 1.99. The van der Waals surface area contributed by atoms with Crippen LogP contribution in [0, 0.1) is 0 Å². The van der Waals surface area contributed by atoms with Gasteiger partial charge in [-0.3, -0.25) is 0 Å². The van der Waals surface area contributed by atoms with Crippen LogP contribution in [-0.4, -0.2) is 25.9 Å². The number of hydrogen-bond donors (Lipinski definition) is 0. The van der Waals surface area contributed by atoms with E-state index in [4.69, 9.17) is 49.1 Å². The van der Waals surface area contributed by atoms with Crippen molar-refractivity contribution in [2.75, 3.05) is 14.2 Å². The standard InChI is InChI=1S/C19H16Cl3NO4/c1-25-19(24)18(23-26-2)15-6-4-3-5-13(15)11-27-14-8-7-12(9-17(21)22)16(20)10-14/h3-10H,11H2,1-2H3. The lowest BCUT2D eigenvalue weighted by Gasteiger charge is -2.12. The van der Waals surface area contributed by atoms with E-state index in [1.54, 1.807) is 30.3 Å². The number of carbonyl (C=O) groups is 1. The Balaban J connectivity index is 2.24. The van der Waals surface area contributed by atoms with Crippen LogP contribution >= 0.6 is 34.8 Å². The number of benzene rings is 2. The van der Waals surface area contributed by atoms with Gasteiger partial charge in [0.05, 0.1) is 12.1 Å². The summed E-state index contributed by atoms with van der Waals surface area (Å²) in [6, 6.07) is 12.3. The van der Waals surface area contributed by atoms with Gasteiger partial charge in [0.1, 0.15) is 24.0 Å². The molecule has 0 aliphatic rings.